The Morgan fingerprint density at radius 1 is 1.10 bits per heavy atom. The summed E-state index contributed by atoms with van der Waals surface area (Å²) in [7, 11) is 0. The standard InChI is InChI=1S/C16H12Cl2N2O/c1-2-15-19-14-6-4-3-5-11(14)16(21)20(15)10-7-8-12(17)13(18)9-10/h3-9H,2H2,1H3. The molecule has 0 bridgehead atoms. The van der Waals surface area contributed by atoms with E-state index in [4.69, 9.17) is 23.2 Å². The summed E-state index contributed by atoms with van der Waals surface area (Å²) < 4.78 is 1.59. The minimum Gasteiger partial charge on any atom is -0.268 e. The lowest BCUT2D eigenvalue weighted by atomic mass is 10.2. The third-order valence-corrected chi connectivity index (χ3v) is 4.06. The fourth-order valence-corrected chi connectivity index (χ4v) is 2.60. The van der Waals surface area contributed by atoms with Crippen molar-refractivity contribution >= 4 is 34.1 Å². The smallest absolute Gasteiger partial charge is 0.265 e. The van der Waals surface area contributed by atoms with Crippen LogP contribution >= 0.6 is 23.2 Å². The zero-order chi connectivity index (χ0) is 15.0. The number of aryl methyl sites for hydroxylation is 1. The number of hydrogen-bond donors (Lipinski definition) is 0. The number of aromatic nitrogens is 2. The number of rotatable bonds is 2. The van der Waals surface area contributed by atoms with E-state index in [2.05, 4.69) is 4.98 Å². The molecule has 0 aliphatic heterocycles. The van der Waals surface area contributed by atoms with Crippen LogP contribution in [0.15, 0.2) is 47.3 Å². The average molecular weight is 319 g/mol. The van der Waals surface area contributed by atoms with Crippen molar-refractivity contribution in [2.45, 2.75) is 13.3 Å². The monoisotopic (exact) mass is 318 g/mol. The first kappa shape index (κ1) is 14.1. The van der Waals surface area contributed by atoms with Gasteiger partial charge >= 0.3 is 0 Å². The largest absolute Gasteiger partial charge is 0.268 e. The molecule has 0 atom stereocenters. The van der Waals surface area contributed by atoms with Gasteiger partial charge in [0.2, 0.25) is 0 Å². The van der Waals surface area contributed by atoms with Crippen LogP contribution in [0.4, 0.5) is 0 Å². The maximum Gasteiger partial charge on any atom is 0.265 e. The molecule has 0 saturated heterocycles. The average Bonchev–Trinajstić information content (AvgIpc) is 2.50. The zero-order valence-corrected chi connectivity index (χ0v) is 12.8. The van der Waals surface area contributed by atoms with Gasteiger partial charge < -0.3 is 0 Å². The van der Waals surface area contributed by atoms with Gasteiger partial charge in [-0.05, 0) is 30.3 Å². The highest BCUT2D eigenvalue weighted by molar-refractivity contribution is 6.42. The van der Waals surface area contributed by atoms with Gasteiger partial charge in [0.25, 0.3) is 5.56 Å². The number of nitrogens with zero attached hydrogens (tertiary/aromatic N) is 2. The Hall–Kier alpha value is -1.84. The van der Waals surface area contributed by atoms with Gasteiger partial charge in [-0.15, -0.1) is 0 Å². The summed E-state index contributed by atoms with van der Waals surface area (Å²) in [5, 5.41) is 1.46. The predicted molar refractivity (Wildman–Crippen MR) is 86.7 cm³/mol. The van der Waals surface area contributed by atoms with Gasteiger partial charge in [-0.1, -0.05) is 42.3 Å². The van der Waals surface area contributed by atoms with E-state index in [0.717, 1.165) is 0 Å². The molecule has 0 N–H and O–H groups in total. The molecule has 3 nitrogen and oxygen atoms in total. The van der Waals surface area contributed by atoms with Gasteiger partial charge in [0.15, 0.2) is 0 Å². The van der Waals surface area contributed by atoms with Crippen molar-refractivity contribution in [3.8, 4) is 5.69 Å². The van der Waals surface area contributed by atoms with E-state index in [9.17, 15) is 4.79 Å². The van der Waals surface area contributed by atoms with E-state index < -0.39 is 0 Å². The van der Waals surface area contributed by atoms with Gasteiger partial charge in [0.05, 0.1) is 26.6 Å². The Labute approximate surface area is 131 Å². The molecule has 0 fully saturated rings. The van der Waals surface area contributed by atoms with Crippen LogP contribution in [0.25, 0.3) is 16.6 Å². The van der Waals surface area contributed by atoms with E-state index in [1.807, 2.05) is 25.1 Å². The second kappa shape index (κ2) is 5.51. The van der Waals surface area contributed by atoms with Crippen molar-refractivity contribution in [2.24, 2.45) is 0 Å². The molecule has 21 heavy (non-hydrogen) atoms. The predicted octanol–water partition coefficient (Wildman–Crippen LogP) is 4.25. The number of benzene rings is 2. The number of fused-ring (bicyclic) bond motifs is 1. The Bertz CT molecular complexity index is 887. The lowest BCUT2D eigenvalue weighted by Crippen LogP contribution is -2.23. The van der Waals surface area contributed by atoms with Gasteiger partial charge in [0.1, 0.15) is 5.82 Å². The van der Waals surface area contributed by atoms with Crippen molar-refractivity contribution in [3.63, 3.8) is 0 Å². The van der Waals surface area contributed by atoms with Crippen molar-refractivity contribution in [1.82, 2.24) is 9.55 Å². The highest BCUT2D eigenvalue weighted by Gasteiger charge is 2.12. The summed E-state index contributed by atoms with van der Waals surface area (Å²) in [5.41, 5.74) is 1.27. The van der Waals surface area contributed by atoms with Crippen LogP contribution in [0.1, 0.15) is 12.7 Å². The molecular weight excluding hydrogens is 307 g/mol. The molecule has 3 aromatic rings. The van der Waals surface area contributed by atoms with Crippen LogP contribution in [0.2, 0.25) is 10.0 Å². The van der Waals surface area contributed by atoms with E-state index in [-0.39, 0.29) is 5.56 Å². The van der Waals surface area contributed by atoms with Gasteiger partial charge in [-0.2, -0.15) is 0 Å². The van der Waals surface area contributed by atoms with Crippen LogP contribution in [0.5, 0.6) is 0 Å². The maximum atomic E-state index is 12.8. The molecule has 3 rings (SSSR count). The molecule has 5 heteroatoms. The molecule has 106 valence electrons. The van der Waals surface area contributed by atoms with Gasteiger partial charge in [-0.3, -0.25) is 9.36 Å². The SMILES string of the molecule is CCc1nc2ccccc2c(=O)n1-c1ccc(Cl)c(Cl)c1. The second-order valence-electron chi connectivity index (χ2n) is 4.64. The highest BCUT2D eigenvalue weighted by Crippen LogP contribution is 2.24. The third-order valence-electron chi connectivity index (χ3n) is 3.32. The van der Waals surface area contributed by atoms with E-state index in [1.54, 1.807) is 28.8 Å². The molecule has 2 aromatic carbocycles. The zero-order valence-electron chi connectivity index (χ0n) is 11.3. The van der Waals surface area contributed by atoms with Gasteiger partial charge in [-0.25, -0.2) is 4.98 Å². The quantitative estimate of drug-likeness (QED) is 0.707. The van der Waals surface area contributed by atoms with Gasteiger partial charge in [0, 0.05) is 6.42 Å². The van der Waals surface area contributed by atoms with Crippen molar-refractivity contribution in [1.29, 1.82) is 0 Å². The summed E-state index contributed by atoms with van der Waals surface area (Å²) in [6.45, 7) is 1.96. The highest BCUT2D eigenvalue weighted by atomic mass is 35.5. The van der Waals surface area contributed by atoms with Crippen LogP contribution in [0.3, 0.4) is 0 Å². The first-order chi connectivity index (χ1) is 10.1. The van der Waals surface area contributed by atoms with Crippen LogP contribution in [0, 0.1) is 0 Å². The van der Waals surface area contributed by atoms with Crippen LogP contribution in [-0.2, 0) is 6.42 Å². The van der Waals surface area contributed by atoms with Crippen molar-refractivity contribution in [2.75, 3.05) is 0 Å². The molecule has 1 heterocycles. The molecule has 0 aliphatic carbocycles. The normalized spacial score (nSPS) is 11.0. The molecule has 0 aliphatic rings. The molecule has 0 saturated carbocycles. The summed E-state index contributed by atoms with van der Waals surface area (Å²) in [4.78, 5) is 17.3. The fraction of sp³-hybridized carbons (Fsp3) is 0.125. The first-order valence-corrected chi connectivity index (χ1v) is 7.33. The van der Waals surface area contributed by atoms with E-state index in [0.29, 0.717) is 38.9 Å². The van der Waals surface area contributed by atoms with Crippen LogP contribution in [-0.4, -0.2) is 9.55 Å². The molecule has 0 spiro atoms. The first-order valence-electron chi connectivity index (χ1n) is 6.58. The lowest BCUT2D eigenvalue weighted by Gasteiger charge is -2.13. The third kappa shape index (κ3) is 2.43. The van der Waals surface area contributed by atoms with E-state index >= 15 is 0 Å². The molecule has 0 amide bonds. The fourth-order valence-electron chi connectivity index (χ4n) is 2.31. The second-order valence-corrected chi connectivity index (χ2v) is 5.45. The summed E-state index contributed by atoms with van der Waals surface area (Å²) in [6.07, 6.45) is 0.639. The Morgan fingerprint density at radius 3 is 2.57 bits per heavy atom. The molecule has 0 unspecified atom stereocenters. The van der Waals surface area contributed by atoms with Crippen molar-refractivity contribution in [3.05, 3.63) is 68.7 Å². The number of para-hydroxylation sites is 1. The summed E-state index contributed by atoms with van der Waals surface area (Å²) in [6, 6.07) is 12.5. The maximum absolute atomic E-state index is 12.8. The van der Waals surface area contributed by atoms with E-state index in [1.165, 1.54) is 0 Å². The Kier molecular flexibility index (Phi) is 3.70. The van der Waals surface area contributed by atoms with Crippen LogP contribution < -0.4 is 5.56 Å². The summed E-state index contributed by atoms with van der Waals surface area (Å²) >= 11 is 12.0. The lowest BCUT2D eigenvalue weighted by molar-refractivity contribution is 0.833. The Morgan fingerprint density at radius 2 is 1.86 bits per heavy atom. The molecular formula is C16H12Cl2N2O. The minimum atomic E-state index is -0.101. The van der Waals surface area contributed by atoms with Crippen molar-refractivity contribution < 1.29 is 0 Å². The Balaban J connectivity index is 2.37. The topological polar surface area (TPSA) is 34.9 Å². The molecule has 1 aromatic heterocycles. The summed E-state index contributed by atoms with van der Waals surface area (Å²) in [5.74, 6) is 0.692. The number of hydrogen-bond acceptors (Lipinski definition) is 2. The minimum absolute atomic E-state index is 0.101. The number of halogens is 2. The molecule has 0 radical (unpaired) electrons.